The maximum Gasteiger partial charge on any atom is 0.216 e. The van der Waals surface area contributed by atoms with Gasteiger partial charge in [-0.3, -0.25) is 0 Å². The second-order valence-electron chi connectivity index (χ2n) is 3.52. The molecule has 0 saturated heterocycles. The second-order valence-corrected chi connectivity index (χ2v) is 4.83. The van der Waals surface area contributed by atoms with Crippen LogP contribution in [0.25, 0.3) is 16.9 Å². The fourth-order valence-corrected chi connectivity index (χ4v) is 2.02. The fraction of sp³-hybridized carbons (Fsp3) is 0. The highest BCUT2D eigenvalue weighted by atomic mass is 79.9. The number of nitrogens with zero attached hydrogens (tertiary/aromatic N) is 3. The molecule has 0 aliphatic rings. The molecule has 0 bridgehead atoms. The van der Waals surface area contributed by atoms with E-state index >= 15 is 0 Å². The maximum absolute atomic E-state index is 5.09. The van der Waals surface area contributed by atoms with Gasteiger partial charge >= 0.3 is 0 Å². The Morgan fingerprint density at radius 3 is 2.65 bits per heavy atom. The molecule has 1 N–H and O–H groups in total. The number of aromatic nitrogens is 4. The van der Waals surface area contributed by atoms with E-state index < -0.39 is 0 Å². The van der Waals surface area contributed by atoms with E-state index in [9.17, 15) is 0 Å². The minimum atomic E-state index is 0.499. The van der Waals surface area contributed by atoms with Crippen molar-refractivity contribution in [1.29, 1.82) is 0 Å². The summed E-state index contributed by atoms with van der Waals surface area (Å²) >= 11 is 8.50. The van der Waals surface area contributed by atoms with E-state index in [-0.39, 0.29) is 0 Å². The first-order chi connectivity index (χ1) is 8.24. The van der Waals surface area contributed by atoms with Crippen LogP contribution in [0.1, 0.15) is 0 Å². The van der Waals surface area contributed by atoms with Crippen LogP contribution >= 0.6 is 28.1 Å². The number of halogens is 1. The third-order valence-corrected chi connectivity index (χ3v) is 3.21. The number of benzene rings is 1. The molecular formula is C11H7BrN4S. The predicted molar refractivity (Wildman–Crippen MR) is 71.3 cm³/mol. The Morgan fingerprint density at radius 2 is 1.88 bits per heavy atom. The molecule has 0 aliphatic carbocycles. The van der Waals surface area contributed by atoms with Crippen LogP contribution in [-0.4, -0.2) is 19.8 Å². The van der Waals surface area contributed by atoms with Crippen molar-refractivity contribution in [3.63, 3.8) is 0 Å². The van der Waals surface area contributed by atoms with E-state index in [0.29, 0.717) is 4.77 Å². The normalized spacial score (nSPS) is 10.9. The Bertz CT molecular complexity index is 729. The first-order valence-electron chi connectivity index (χ1n) is 4.94. The van der Waals surface area contributed by atoms with Gasteiger partial charge in [0.2, 0.25) is 4.77 Å². The van der Waals surface area contributed by atoms with Crippen LogP contribution in [0.3, 0.4) is 0 Å². The van der Waals surface area contributed by atoms with E-state index in [1.807, 2.05) is 36.4 Å². The Balaban J connectivity index is 2.20. The van der Waals surface area contributed by atoms with Crippen molar-refractivity contribution in [2.45, 2.75) is 0 Å². The minimum absolute atomic E-state index is 0.499. The Hall–Kier alpha value is -1.53. The second kappa shape index (κ2) is 4.05. The third kappa shape index (κ3) is 1.89. The molecule has 0 aliphatic heterocycles. The largest absolute Gasteiger partial charge is 0.250 e. The highest BCUT2D eigenvalue weighted by Gasteiger charge is 2.03. The average Bonchev–Trinajstić information content (AvgIpc) is 2.72. The quantitative estimate of drug-likeness (QED) is 0.702. The van der Waals surface area contributed by atoms with Gasteiger partial charge in [0.1, 0.15) is 0 Å². The molecule has 84 valence electrons. The van der Waals surface area contributed by atoms with Crippen LogP contribution in [0, 0.1) is 4.77 Å². The average molecular weight is 307 g/mol. The zero-order valence-electron chi connectivity index (χ0n) is 8.59. The first-order valence-corrected chi connectivity index (χ1v) is 6.14. The number of hydrogen-bond donors (Lipinski definition) is 1. The van der Waals surface area contributed by atoms with Gasteiger partial charge in [-0.05, 0) is 36.5 Å². The van der Waals surface area contributed by atoms with Crippen molar-refractivity contribution in [1.82, 2.24) is 19.8 Å². The van der Waals surface area contributed by atoms with Crippen molar-refractivity contribution >= 4 is 33.8 Å². The molecule has 3 aromatic rings. The van der Waals surface area contributed by atoms with Crippen molar-refractivity contribution in [3.05, 3.63) is 45.6 Å². The lowest BCUT2D eigenvalue weighted by molar-refractivity contribution is 0.915. The fourth-order valence-electron chi connectivity index (χ4n) is 1.58. The molecule has 1 aromatic carbocycles. The summed E-state index contributed by atoms with van der Waals surface area (Å²) in [5.74, 6) is 0. The van der Waals surface area contributed by atoms with E-state index in [1.165, 1.54) is 0 Å². The summed E-state index contributed by atoms with van der Waals surface area (Å²) in [5.41, 5.74) is 2.62. The van der Waals surface area contributed by atoms with Crippen LogP contribution in [0.15, 0.2) is 40.9 Å². The van der Waals surface area contributed by atoms with Gasteiger partial charge in [-0.25, -0.2) is 5.10 Å². The third-order valence-electron chi connectivity index (χ3n) is 2.41. The zero-order valence-corrected chi connectivity index (χ0v) is 11.0. The number of hydrogen-bond acceptors (Lipinski definition) is 3. The van der Waals surface area contributed by atoms with E-state index in [2.05, 4.69) is 31.2 Å². The molecule has 0 radical (unpaired) electrons. The molecule has 0 spiro atoms. The molecule has 0 saturated carbocycles. The van der Waals surface area contributed by atoms with Crippen LogP contribution in [-0.2, 0) is 0 Å². The van der Waals surface area contributed by atoms with Gasteiger partial charge in [0.25, 0.3) is 0 Å². The summed E-state index contributed by atoms with van der Waals surface area (Å²) in [5, 5.41) is 11.2. The molecule has 0 amide bonds. The smallest absolute Gasteiger partial charge is 0.216 e. The van der Waals surface area contributed by atoms with Gasteiger partial charge in [-0.1, -0.05) is 28.1 Å². The summed E-state index contributed by atoms with van der Waals surface area (Å²) < 4.78 is 3.16. The summed E-state index contributed by atoms with van der Waals surface area (Å²) in [7, 11) is 0. The standard InChI is InChI=1S/C11H7BrN4S/c12-8-3-1-7(2-4-8)9-5-6-10-13-14-11(17)16(10)15-9/h1-6H,(H,14,17). The van der Waals surface area contributed by atoms with Gasteiger partial charge < -0.3 is 0 Å². The van der Waals surface area contributed by atoms with Crippen LogP contribution in [0.2, 0.25) is 0 Å². The molecule has 4 nitrogen and oxygen atoms in total. The van der Waals surface area contributed by atoms with Gasteiger partial charge in [-0.15, -0.1) is 0 Å². The lowest BCUT2D eigenvalue weighted by Gasteiger charge is -2.01. The summed E-state index contributed by atoms with van der Waals surface area (Å²) in [4.78, 5) is 0. The van der Waals surface area contributed by atoms with Gasteiger partial charge in [-0.2, -0.15) is 14.7 Å². The Morgan fingerprint density at radius 1 is 1.12 bits per heavy atom. The molecule has 2 heterocycles. The molecule has 0 atom stereocenters. The predicted octanol–water partition coefficient (Wildman–Crippen LogP) is 3.22. The van der Waals surface area contributed by atoms with Crippen LogP contribution < -0.4 is 0 Å². The number of H-pyrrole nitrogens is 1. The van der Waals surface area contributed by atoms with Crippen molar-refractivity contribution in [2.24, 2.45) is 0 Å². The van der Waals surface area contributed by atoms with Gasteiger partial charge in [0, 0.05) is 10.0 Å². The lowest BCUT2D eigenvalue weighted by atomic mass is 10.1. The lowest BCUT2D eigenvalue weighted by Crippen LogP contribution is -1.94. The van der Waals surface area contributed by atoms with E-state index in [4.69, 9.17) is 12.2 Å². The Kier molecular flexibility index (Phi) is 2.53. The summed E-state index contributed by atoms with van der Waals surface area (Å²) in [6.45, 7) is 0. The summed E-state index contributed by atoms with van der Waals surface area (Å²) in [6, 6.07) is 11.8. The molecular weight excluding hydrogens is 300 g/mol. The molecule has 6 heteroatoms. The van der Waals surface area contributed by atoms with Gasteiger partial charge in [0.05, 0.1) is 5.69 Å². The first kappa shape index (κ1) is 10.6. The SMILES string of the molecule is S=c1[nH]nc2ccc(-c3ccc(Br)cc3)nn12. The maximum atomic E-state index is 5.09. The number of nitrogens with one attached hydrogen (secondary N) is 1. The Labute approximate surface area is 110 Å². The molecule has 0 unspecified atom stereocenters. The van der Waals surface area contributed by atoms with Crippen LogP contribution in [0.4, 0.5) is 0 Å². The summed E-state index contributed by atoms with van der Waals surface area (Å²) in [6.07, 6.45) is 0. The van der Waals surface area contributed by atoms with Crippen LogP contribution in [0.5, 0.6) is 0 Å². The van der Waals surface area contributed by atoms with Crippen molar-refractivity contribution < 1.29 is 0 Å². The van der Waals surface area contributed by atoms with E-state index in [1.54, 1.807) is 4.52 Å². The highest BCUT2D eigenvalue weighted by molar-refractivity contribution is 9.10. The molecule has 17 heavy (non-hydrogen) atoms. The molecule has 3 rings (SSSR count). The number of fused-ring (bicyclic) bond motifs is 1. The monoisotopic (exact) mass is 306 g/mol. The topological polar surface area (TPSA) is 46.0 Å². The zero-order chi connectivity index (χ0) is 11.8. The molecule has 2 aromatic heterocycles. The number of rotatable bonds is 1. The number of aromatic amines is 1. The minimum Gasteiger partial charge on any atom is -0.250 e. The molecule has 0 fully saturated rings. The van der Waals surface area contributed by atoms with Crippen molar-refractivity contribution in [2.75, 3.05) is 0 Å². The van der Waals surface area contributed by atoms with Gasteiger partial charge in [0.15, 0.2) is 5.65 Å². The highest BCUT2D eigenvalue weighted by Crippen LogP contribution is 2.19. The van der Waals surface area contributed by atoms with E-state index in [0.717, 1.165) is 21.4 Å². The van der Waals surface area contributed by atoms with Crippen molar-refractivity contribution in [3.8, 4) is 11.3 Å².